The van der Waals surface area contributed by atoms with Crippen LogP contribution >= 0.6 is 0 Å². The van der Waals surface area contributed by atoms with Crippen LogP contribution in [0, 0.1) is 69.0 Å². The Balaban J connectivity index is 0.000000400. The first-order valence-corrected chi connectivity index (χ1v) is 34.4. The second-order valence-electron chi connectivity index (χ2n) is 26.1. The fourth-order valence-electron chi connectivity index (χ4n) is 14.5. The standard InChI is InChI=1S/C26H33N.C20H29N.C18H25N.C16H21N.4CH4/c1-2-3-4-5-6-7-21-8-12-23(13-9-21)25-16-18-26(19-17-25)24-14-10-22(20-27)11-15-24;1-2-3-4-5-6-7-17-8-12-19(13-9-17)20-14-10-18(16-21)11-15-20;1-2-3-4-5-15-6-10-17(11-7-15)18-12-8-16(14-19)9-13-18;1-2-3-13-4-8-15(9-5-13)16-10-6-14(12-17)7-11-16;;;;/h10-11,14-19,21,23H,2-9,12-13H2,1H3;10-11,14-15,17,19H,2-9,12-13H2,1H3;8-9,12-13,15,17H,2-7,10-11H2,1H3;6-7,10-11,13,15H,2-5,8-9H2,1H3;4*1H4. The van der Waals surface area contributed by atoms with E-state index in [-0.39, 0.29) is 29.7 Å². The summed E-state index contributed by atoms with van der Waals surface area (Å²) in [4.78, 5) is 0. The van der Waals surface area contributed by atoms with Crippen LogP contribution in [-0.4, -0.2) is 0 Å². The molecule has 0 N–H and O–H groups in total. The first-order valence-electron chi connectivity index (χ1n) is 34.4. The van der Waals surface area contributed by atoms with Gasteiger partial charge in [0, 0.05) is 0 Å². The van der Waals surface area contributed by atoms with Crippen molar-refractivity contribution >= 4 is 0 Å². The molecular formula is C84H124N4. The van der Waals surface area contributed by atoms with Gasteiger partial charge in [-0.25, -0.2) is 0 Å². The van der Waals surface area contributed by atoms with Crippen molar-refractivity contribution < 1.29 is 0 Å². The van der Waals surface area contributed by atoms with Crippen LogP contribution in [0.1, 0.15) is 344 Å². The molecule has 4 aliphatic carbocycles. The van der Waals surface area contributed by atoms with Crippen molar-refractivity contribution in [1.29, 1.82) is 21.0 Å². The molecule has 4 nitrogen and oxygen atoms in total. The monoisotopic (exact) mass is 1190 g/mol. The topological polar surface area (TPSA) is 95.2 Å². The quantitative estimate of drug-likeness (QED) is 0.0609. The van der Waals surface area contributed by atoms with E-state index in [1.54, 1.807) is 0 Å². The molecule has 4 fully saturated rings. The van der Waals surface area contributed by atoms with E-state index in [0.29, 0.717) is 0 Å². The molecule has 9 rings (SSSR count). The third-order valence-corrected chi connectivity index (χ3v) is 20.0. The second-order valence-corrected chi connectivity index (χ2v) is 26.1. The Morgan fingerprint density at radius 3 is 0.705 bits per heavy atom. The normalized spacial score (nSPS) is 20.9. The molecular weight excluding hydrogens is 1060 g/mol. The summed E-state index contributed by atoms with van der Waals surface area (Å²) in [5, 5.41) is 35.4. The summed E-state index contributed by atoms with van der Waals surface area (Å²) in [6.07, 6.45) is 47.2. The Labute approximate surface area is 542 Å². The number of benzene rings is 5. The van der Waals surface area contributed by atoms with Crippen LogP contribution in [0.2, 0.25) is 0 Å². The molecule has 0 atom stereocenters. The number of hydrogen-bond donors (Lipinski definition) is 0. The van der Waals surface area contributed by atoms with Gasteiger partial charge < -0.3 is 0 Å². The van der Waals surface area contributed by atoms with Gasteiger partial charge in [0.1, 0.15) is 0 Å². The summed E-state index contributed by atoms with van der Waals surface area (Å²) >= 11 is 0. The predicted octanol–water partition coefficient (Wildman–Crippen LogP) is 26.6. The first kappa shape index (κ1) is 78.2. The van der Waals surface area contributed by atoms with E-state index in [2.05, 4.69) is 113 Å². The van der Waals surface area contributed by atoms with Crippen LogP contribution in [0.15, 0.2) is 121 Å². The number of rotatable bonds is 23. The molecule has 0 amide bonds. The maximum atomic E-state index is 8.93. The number of nitrogens with zero attached hydrogens (tertiary/aromatic N) is 4. The molecule has 0 unspecified atom stereocenters. The maximum Gasteiger partial charge on any atom is 0.0991 e. The van der Waals surface area contributed by atoms with Gasteiger partial charge in [0.25, 0.3) is 0 Å². The summed E-state index contributed by atoms with van der Waals surface area (Å²) < 4.78 is 0. The molecule has 0 radical (unpaired) electrons. The van der Waals surface area contributed by atoms with E-state index in [1.165, 1.54) is 252 Å². The van der Waals surface area contributed by atoms with Crippen molar-refractivity contribution in [3.05, 3.63) is 166 Å². The van der Waals surface area contributed by atoms with Gasteiger partial charge in [-0.15, -0.1) is 0 Å². The lowest BCUT2D eigenvalue weighted by molar-refractivity contribution is 0.302. The maximum absolute atomic E-state index is 8.93. The predicted molar refractivity (Wildman–Crippen MR) is 382 cm³/mol. The fourth-order valence-corrected chi connectivity index (χ4v) is 14.5. The van der Waals surface area contributed by atoms with Gasteiger partial charge in [-0.05, 0) is 232 Å². The largest absolute Gasteiger partial charge is 0.192 e. The van der Waals surface area contributed by atoms with Crippen molar-refractivity contribution in [3.63, 3.8) is 0 Å². The Kier molecular flexibility index (Phi) is 41.0. The summed E-state index contributed by atoms with van der Waals surface area (Å²) in [6.45, 7) is 9.14. The highest BCUT2D eigenvalue weighted by Crippen LogP contribution is 2.42. The number of unbranched alkanes of at least 4 members (excludes halogenated alkanes) is 10. The average Bonchev–Trinajstić information content (AvgIpc) is 3.63. The van der Waals surface area contributed by atoms with Crippen molar-refractivity contribution in [3.8, 4) is 35.4 Å². The van der Waals surface area contributed by atoms with Crippen LogP contribution in [0.4, 0.5) is 0 Å². The fraction of sp³-hybridized carbons (Fsp3) is 0.595. The molecule has 480 valence electrons. The molecule has 88 heavy (non-hydrogen) atoms. The van der Waals surface area contributed by atoms with Gasteiger partial charge in [0.05, 0.1) is 46.5 Å². The Bertz CT molecular complexity index is 2680. The van der Waals surface area contributed by atoms with Crippen LogP contribution in [0.5, 0.6) is 0 Å². The minimum absolute atomic E-state index is 0. The minimum Gasteiger partial charge on any atom is -0.192 e. The molecule has 5 aromatic rings. The van der Waals surface area contributed by atoms with E-state index >= 15 is 0 Å². The molecule has 0 aliphatic heterocycles. The van der Waals surface area contributed by atoms with Crippen LogP contribution in [0.25, 0.3) is 11.1 Å². The van der Waals surface area contributed by atoms with Gasteiger partial charge in [-0.1, -0.05) is 246 Å². The van der Waals surface area contributed by atoms with E-state index < -0.39 is 0 Å². The van der Waals surface area contributed by atoms with E-state index in [0.717, 1.165) is 69.6 Å². The van der Waals surface area contributed by atoms with Crippen LogP contribution in [0.3, 0.4) is 0 Å². The second kappa shape index (κ2) is 46.2. The zero-order valence-electron chi connectivity index (χ0n) is 53.0. The third kappa shape index (κ3) is 27.8. The van der Waals surface area contributed by atoms with Crippen molar-refractivity contribution in [2.45, 2.75) is 299 Å². The first-order chi connectivity index (χ1) is 41.3. The molecule has 0 aromatic heterocycles. The lowest BCUT2D eigenvalue weighted by atomic mass is 9.77. The Morgan fingerprint density at radius 2 is 0.455 bits per heavy atom. The summed E-state index contributed by atoms with van der Waals surface area (Å²) in [5.74, 6) is 6.83. The van der Waals surface area contributed by atoms with Gasteiger partial charge in [-0.2, -0.15) is 21.0 Å². The van der Waals surface area contributed by atoms with Crippen molar-refractivity contribution in [2.24, 2.45) is 23.7 Å². The lowest BCUT2D eigenvalue weighted by Gasteiger charge is -2.29. The molecule has 5 aromatic carbocycles. The van der Waals surface area contributed by atoms with Gasteiger partial charge >= 0.3 is 0 Å². The average molecular weight is 1190 g/mol. The highest BCUT2D eigenvalue weighted by Gasteiger charge is 2.25. The zero-order chi connectivity index (χ0) is 59.4. The Morgan fingerprint density at radius 1 is 0.250 bits per heavy atom. The van der Waals surface area contributed by atoms with E-state index in [9.17, 15) is 0 Å². The Hall–Kier alpha value is -5.94. The van der Waals surface area contributed by atoms with E-state index in [4.69, 9.17) is 21.0 Å². The van der Waals surface area contributed by atoms with Gasteiger partial charge in [-0.3, -0.25) is 0 Å². The zero-order valence-corrected chi connectivity index (χ0v) is 53.0. The van der Waals surface area contributed by atoms with Crippen LogP contribution < -0.4 is 0 Å². The summed E-state index contributed by atoms with van der Waals surface area (Å²) in [6, 6.07) is 50.4. The van der Waals surface area contributed by atoms with E-state index in [1.807, 2.05) is 60.7 Å². The van der Waals surface area contributed by atoms with Gasteiger partial charge in [0.15, 0.2) is 0 Å². The smallest absolute Gasteiger partial charge is 0.0991 e. The summed E-state index contributed by atoms with van der Waals surface area (Å²) in [5.41, 5.74) is 11.3. The van der Waals surface area contributed by atoms with Crippen molar-refractivity contribution in [1.82, 2.24) is 0 Å². The van der Waals surface area contributed by atoms with Crippen molar-refractivity contribution in [2.75, 3.05) is 0 Å². The highest BCUT2D eigenvalue weighted by molar-refractivity contribution is 5.64. The molecule has 0 heterocycles. The summed E-state index contributed by atoms with van der Waals surface area (Å²) in [7, 11) is 0. The van der Waals surface area contributed by atoms with Crippen LogP contribution in [-0.2, 0) is 0 Å². The number of hydrogen-bond acceptors (Lipinski definition) is 4. The SMILES string of the molecule is C.C.C.C.CCCC1CCC(c2ccc(C#N)cc2)CC1.CCCCCC1CCC(c2ccc(C#N)cc2)CC1.CCCCCCCC1CCC(c2ccc(-c3ccc(C#N)cc3)cc2)CC1.CCCCCCCC1CCC(c2ccc(C#N)cc2)CC1. The minimum atomic E-state index is 0. The molecule has 0 bridgehead atoms. The number of nitriles is 4. The molecule has 0 saturated heterocycles. The molecule has 4 aliphatic rings. The third-order valence-electron chi connectivity index (χ3n) is 20.0. The molecule has 0 spiro atoms. The lowest BCUT2D eigenvalue weighted by Crippen LogP contribution is -2.13. The highest BCUT2D eigenvalue weighted by atomic mass is 14.3. The molecule has 4 saturated carbocycles. The van der Waals surface area contributed by atoms with Gasteiger partial charge in [0.2, 0.25) is 0 Å². The molecule has 4 heteroatoms.